The van der Waals surface area contributed by atoms with Crippen LogP contribution in [0.5, 0.6) is 0 Å². The first-order chi connectivity index (χ1) is 6.58. The van der Waals surface area contributed by atoms with Crippen molar-refractivity contribution in [2.45, 2.75) is 46.0 Å². The smallest absolute Gasteiger partial charge is 0.158 e. The number of hydrogen-bond acceptors (Lipinski definition) is 1. The zero-order valence-corrected chi connectivity index (χ0v) is 9.25. The summed E-state index contributed by atoms with van der Waals surface area (Å²) in [5.41, 5.74) is 0.237. The summed E-state index contributed by atoms with van der Waals surface area (Å²) in [4.78, 5) is 11.8. The number of carbonyl (C=O) groups is 1. The second-order valence-corrected chi connectivity index (χ2v) is 5.58. The van der Waals surface area contributed by atoms with E-state index in [4.69, 9.17) is 0 Å². The third-order valence-corrected chi connectivity index (χ3v) is 3.78. The van der Waals surface area contributed by atoms with Gasteiger partial charge in [-0.2, -0.15) is 0 Å². The van der Waals surface area contributed by atoms with Crippen molar-refractivity contribution in [2.75, 3.05) is 0 Å². The summed E-state index contributed by atoms with van der Waals surface area (Å²) in [6.07, 6.45) is 10.2. The van der Waals surface area contributed by atoms with E-state index in [0.29, 0.717) is 17.6 Å². The Hall–Kier alpha value is -0.590. The van der Waals surface area contributed by atoms with Gasteiger partial charge in [0.05, 0.1) is 0 Å². The molecule has 1 fully saturated rings. The molecule has 0 amide bonds. The SMILES string of the molecule is CC1(C)C=CC(=O)C(C2CCCC2)C1. The maximum Gasteiger partial charge on any atom is 0.158 e. The van der Waals surface area contributed by atoms with E-state index in [1.54, 1.807) is 0 Å². The Morgan fingerprint density at radius 3 is 2.57 bits per heavy atom. The molecule has 2 aliphatic carbocycles. The summed E-state index contributed by atoms with van der Waals surface area (Å²) in [5.74, 6) is 1.40. The van der Waals surface area contributed by atoms with E-state index in [2.05, 4.69) is 19.9 Å². The Morgan fingerprint density at radius 1 is 1.29 bits per heavy atom. The van der Waals surface area contributed by atoms with Crippen molar-refractivity contribution in [1.29, 1.82) is 0 Å². The van der Waals surface area contributed by atoms with Gasteiger partial charge in [-0.1, -0.05) is 32.8 Å². The predicted molar refractivity (Wildman–Crippen MR) is 58.0 cm³/mol. The summed E-state index contributed by atoms with van der Waals surface area (Å²) in [6, 6.07) is 0. The van der Waals surface area contributed by atoms with Crippen LogP contribution in [0.3, 0.4) is 0 Å². The maximum absolute atomic E-state index is 11.8. The molecular weight excluding hydrogens is 172 g/mol. The average molecular weight is 192 g/mol. The molecule has 1 heteroatoms. The average Bonchev–Trinajstić information content (AvgIpc) is 2.62. The van der Waals surface area contributed by atoms with Crippen LogP contribution < -0.4 is 0 Å². The molecule has 0 radical (unpaired) electrons. The quantitative estimate of drug-likeness (QED) is 0.622. The lowest BCUT2D eigenvalue weighted by Gasteiger charge is -2.32. The normalized spacial score (nSPS) is 32.4. The molecule has 1 atom stereocenters. The van der Waals surface area contributed by atoms with Gasteiger partial charge in [0.25, 0.3) is 0 Å². The largest absolute Gasteiger partial charge is 0.295 e. The Labute approximate surface area is 86.6 Å². The summed E-state index contributed by atoms with van der Waals surface area (Å²) >= 11 is 0. The highest BCUT2D eigenvalue weighted by Gasteiger charge is 2.35. The Bertz CT molecular complexity index is 256. The van der Waals surface area contributed by atoms with Gasteiger partial charge >= 0.3 is 0 Å². The second-order valence-electron chi connectivity index (χ2n) is 5.58. The number of rotatable bonds is 1. The molecular formula is C13H20O. The van der Waals surface area contributed by atoms with Crippen LogP contribution in [0.2, 0.25) is 0 Å². The zero-order valence-electron chi connectivity index (χ0n) is 9.25. The molecule has 0 heterocycles. The van der Waals surface area contributed by atoms with E-state index in [1.807, 2.05) is 6.08 Å². The first-order valence-corrected chi connectivity index (χ1v) is 5.82. The number of carbonyl (C=O) groups excluding carboxylic acids is 1. The predicted octanol–water partition coefficient (Wildman–Crippen LogP) is 3.35. The first kappa shape index (κ1) is 9.95. The van der Waals surface area contributed by atoms with Crippen LogP contribution in [0, 0.1) is 17.3 Å². The third kappa shape index (κ3) is 1.92. The van der Waals surface area contributed by atoms with Gasteiger partial charge in [-0.3, -0.25) is 4.79 Å². The van der Waals surface area contributed by atoms with Crippen molar-refractivity contribution in [3.05, 3.63) is 12.2 Å². The van der Waals surface area contributed by atoms with Crippen LogP contribution in [-0.2, 0) is 4.79 Å². The van der Waals surface area contributed by atoms with Gasteiger partial charge < -0.3 is 0 Å². The molecule has 0 aromatic carbocycles. The highest BCUT2D eigenvalue weighted by Crippen LogP contribution is 2.41. The Kier molecular flexibility index (Phi) is 2.50. The van der Waals surface area contributed by atoms with Crippen LogP contribution in [0.4, 0.5) is 0 Å². The highest BCUT2D eigenvalue weighted by atomic mass is 16.1. The molecule has 0 saturated heterocycles. The molecule has 0 aromatic heterocycles. The van der Waals surface area contributed by atoms with Crippen molar-refractivity contribution >= 4 is 5.78 Å². The highest BCUT2D eigenvalue weighted by molar-refractivity contribution is 5.93. The second kappa shape index (κ2) is 3.52. The fraction of sp³-hybridized carbons (Fsp3) is 0.769. The van der Waals surface area contributed by atoms with Crippen LogP contribution in [0.1, 0.15) is 46.0 Å². The molecule has 1 nitrogen and oxygen atoms in total. The molecule has 2 aliphatic rings. The van der Waals surface area contributed by atoms with E-state index in [0.717, 1.165) is 6.42 Å². The molecule has 14 heavy (non-hydrogen) atoms. The van der Waals surface area contributed by atoms with Crippen molar-refractivity contribution < 1.29 is 4.79 Å². The van der Waals surface area contributed by atoms with Gasteiger partial charge in [0.2, 0.25) is 0 Å². The maximum atomic E-state index is 11.8. The van der Waals surface area contributed by atoms with Gasteiger partial charge in [-0.25, -0.2) is 0 Å². The molecule has 0 aromatic rings. The van der Waals surface area contributed by atoms with Gasteiger partial charge in [0.1, 0.15) is 0 Å². The van der Waals surface area contributed by atoms with Gasteiger partial charge in [-0.05, 0) is 36.7 Å². The molecule has 0 N–H and O–H groups in total. The van der Waals surface area contributed by atoms with Crippen LogP contribution in [-0.4, -0.2) is 5.78 Å². The molecule has 1 saturated carbocycles. The fourth-order valence-electron chi connectivity index (χ4n) is 2.93. The molecule has 2 rings (SSSR count). The van der Waals surface area contributed by atoms with Crippen LogP contribution in [0.15, 0.2) is 12.2 Å². The minimum atomic E-state index is 0.237. The molecule has 0 spiro atoms. The van der Waals surface area contributed by atoms with E-state index in [-0.39, 0.29) is 5.41 Å². The monoisotopic (exact) mass is 192 g/mol. The van der Waals surface area contributed by atoms with E-state index in [1.165, 1.54) is 25.7 Å². The first-order valence-electron chi connectivity index (χ1n) is 5.82. The lowest BCUT2D eigenvalue weighted by atomic mass is 9.71. The molecule has 0 bridgehead atoms. The third-order valence-electron chi connectivity index (χ3n) is 3.78. The topological polar surface area (TPSA) is 17.1 Å². The molecule has 1 unspecified atom stereocenters. The van der Waals surface area contributed by atoms with Gasteiger partial charge in [0, 0.05) is 5.92 Å². The minimum Gasteiger partial charge on any atom is -0.295 e. The fourth-order valence-corrected chi connectivity index (χ4v) is 2.93. The summed E-state index contributed by atoms with van der Waals surface area (Å²) in [5, 5.41) is 0. The van der Waals surface area contributed by atoms with E-state index < -0.39 is 0 Å². The standard InChI is InChI=1S/C13H20O/c1-13(2)8-7-12(14)11(9-13)10-5-3-4-6-10/h7-8,10-11H,3-6,9H2,1-2H3. The van der Waals surface area contributed by atoms with E-state index in [9.17, 15) is 4.79 Å². The zero-order chi connectivity index (χ0) is 10.2. The molecule has 0 aliphatic heterocycles. The van der Waals surface area contributed by atoms with Crippen LogP contribution >= 0.6 is 0 Å². The van der Waals surface area contributed by atoms with Gasteiger partial charge in [-0.15, -0.1) is 0 Å². The summed E-state index contributed by atoms with van der Waals surface area (Å²) in [7, 11) is 0. The van der Waals surface area contributed by atoms with Crippen molar-refractivity contribution in [1.82, 2.24) is 0 Å². The summed E-state index contributed by atoms with van der Waals surface area (Å²) < 4.78 is 0. The van der Waals surface area contributed by atoms with Gasteiger partial charge in [0.15, 0.2) is 5.78 Å². The number of allylic oxidation sites excluding steroid dienone is 2. The number of ketones is 1. The Balaban J connectivity index is 2.11. The lowest BCUT2D eigenvalue weighted by molar-refractivity contribution is -0.121. The van der Waals surface area contributed by atoms with Crippen LogP contribution in [0.25, 0.3) is 0 Å². The van der Waals surface area contributed by atoms with Crippen molar-refractivity contribution in [3.63, 3.8) is 0 Å². The lowest BCUT2D eigenvalue weighted by Crippen LogP contribution is -2.30. The Morgan fingerprint density at radius 2 is 1.93 bits per heavy atom. The summed E-state index contributed by atoms with van der Waals surface area (Å²) in [6.45, 7) is 4.47. The van der Waals surface area contributed by atoms with Crippen molar-refractivity contribution in [3.8, 4) is 0 Å². The van der Waals surface area contributed by atoms with E-state index >= 15 is 0 Å². The van der Waals surface area contributed by atoms with Crippen molar-refractivity contribution in [2.24, 2.45) is 17.3 Å². The number of hydrogen-bond donors (Lipinski definition) is 0. The molecule has 78 valence electrons. The minimum absolute atomic E-state index is 0.237.